The van der Waals surface area contributed by atoms with Crippen LogP contribution in [0.3, 0.4) is 0 Å². The monoisotopic (exact) mass is 662 g/mol. The minimum atomic E-state index is -2.70. The van der Waals surface area contributed by atoms with Gasteiger partial charge in [-0.05, 0) is 90.4 Å². The van der Waals surface area contributed by atoms with E-state index in [2.05, 4.69) is 65.5 Å². The molecule has 40 heavy (non-hydrogen) atoms. The van der Waals surface area contributed by atoms with E-state index in [4.69, 9.17) is 35.8 Å². The van der Waals surface area contributed by atoms with Gasteiger partial charge in [-0.25, -0.2) is 0 Å². The summed E-state index contributed by atoms with van der Waals surface area (Å²) in [5, 5.41) is 28.4. The molecule has 4 unspecified atom stereocenters. The van der Waals surface area contributed by atoms with E-state index in [1.54, 1.807) is 0 Å². The normalized spacial score (nSPS) is 17.6. The first-order valence-corrected chi connectivity index (χ1v) is 28.8. The zero-order chi connectivity index (χ0) is 31.3. The highest BCUT2D eigenvalue weighted by Crippen LogP contribution is 2.31. The number of esters is 1. The fourth-order valence-corrected chi connectivity index (χ4v) is 27.9. The average Bonchev–Trinajstić information content (AvgIpc) is 2.73. The molecule has 0 bridgehead atoms. The fourth-order valence-electron chi connectivity index (χ4n) is 4.35. The van der Waals surface area contributed by atoms with Crippen molar-refractivity contribution in [1.82, 2.24) is 0 Å². The van der Waals surface area contributed by atoms with E-state index >= 15 is 0 Å². The molecule has 16 heteroatoms. The lowest BCUT2D eigenvalue weighted by Gasteiger charge is -2.43. The third-order valence-electron chi connectivity index (χ3n) is 5.12. The molecule has 0 aromatic rings. The number of ether oxygens (including phenoxy) is 3. The van der Waals surface area contributed by atoms with E-state index < -0.39 is 60.5 Å². The second-order valence-corrected chi connectivity index (χ2v) is 33.0. The number of hydrogen-bond acceptors (Lipinski definition) is 11. The molecule has 0 spiro atoms. The first kappa shape index (κ1) is 40.2. The molecule has 11 nitrogen and oxygen atoms in total. The molecule has 0 aromatic heterocycles. The van der Waals surface area contributed by atoms with Crippen molar-refractivity contribution in [3.8, 4) is 0 Å². The molecule has 0 aromatic carbocycles. The molecule has 0 aliphatic carbocycles. The summed E-state index contributed by atoms with van der Waals surface area (Å²) in [5.74, 6) is -0.434. The summed E-state index contributed by atoms with van der Waals surface area (Å²) in [6, 6.07) is 1.44. The lowest BCUT2D eigenvalue weighted by Crippen LogP contribution is -2.60. The highest BCUT2D eigenvalue weighted by molar-refractivity contribution is 6.90. The van der Waals surface area contributed by atoms with Crippen molar-refractivity contribution >= 4 is 48.3 Å². The van der Waals surface area contributed by atoms with Crippen LogP contribution in [-0.2, 0) is 35.5 Å². The van der Waals surface area contributed by atoms with E-state index in [9.17, 15) is 15.0 Å². The Morgan fingerprint density at radius 3 is 1.40 bits per heavy atom. The molecule has 0 fully saturated rings. The summed E-state index contributed by atoms with van der Waals surface area (Å²) in [6.45, 7) is 23.2. The van der Waals surface area contributed by atoms with Crippen LogP contribution in [0.2, 0.25) is 77.6 Å². The summed E-state index contributed by atoms with van der Waals surface area (Å²) in [4.78, 5) is 10.9. The Kier molecular flexibility index (Phi) is 18.2. The minimum absolute atomic E-state index is 0.0837. The van der Waals surface area contributed by atoms with E-state index in [-0.39, 0.29) is 26.4 Å². The highest BCUT2D eigenvalue weighted by atomic mass is 28.5. The van der Waals surface area contributed by atoms with Gasteiger partial charge in [0.1, 0.15) is 18.8 Å². The molecule has 3 N–H and O–H groups in total. The van der Waals surface area contributed by atoms with Crippen molar-refractivity contribution in [2.45, 2.75) is 110 Å². The van der Waals surface area contributed by atoms with Crippen molar-refractivity contribution in [3.05, 3.63) is 0 Å². The fraction of sp³-hybridized carbons (Fsp3) is 0.958. The smallest absolute Gasteiger partial charge is 0.315 e. The molecule has 0 aliphatic heterocycles. The Hall–Kier alpha value is 0.194. The van der Waals surface area contributed by atoms with Gasteiger partial charge in [-0.3, -0.25) is 4.79 Å². The van der Waals surface area contributed by atoms with Crippen molar-refractivity contribution < 1.29 is 50.8 Å². The zero-order valence-corrected chi connectivity index (χ0v) is 31.8. The van der Waals surface area contributed by atoms with Crippen LogP contribution in [0.15, 0.2) is 0 Å². The second-order valence-electron chi connectivity index (χ2n) is 13.0. The van der Waals surface area contributed by atoms with Gasteiger partial charge in [0.05, 0.1) is 19.8 Å². The predicted molar refractivity (Wildman–Crippen MR) is 168 cm³/mol. The van der Waals surface area contributed by atoms with Gasteiger partial charge in [0, 0.05) is 20.1 Å². The molecule has 0 saturated heterocycles. The van der Waals surface area contributed by atoms with Crippen LogP contribution < -0.4 is 0 Å². The third kappa shape index (κ3) is 21.8. The molecular formula is C24H58O11Si5. The second kappa shape index (κ2) is 18.1. The molecule has 0 radical (unpaired) electrons. The van der Waals surface area contributed by atoms with Crippen molar-refractivity contribution in [3.63, 3.8) is 0 Å². The standard InChI is InChI=1S/C24H58O11Si5/c1-22(26)31-21-24(28)20-30-15-13-17-40(11,33-37(5,6)7)35-38(8,9)34-39(10,32-36(2,3)4)16-12-14-29-19-23(27)18-25/h23-25,27-28H,12-21H2,1-11H3. The quantitative estimate of drug-likeness (QED) is 0.0838. The molecule has 0 amide bonds. The zero-order valence-electron chi connectivity index (χ0n) is 26.8. The maximum atomic E-state index is 10.9. The van der Waals surface area contributed by atoms with Gasteiger partial charge in [-0.2, -0.15) is 0 Å². The summed E-state index contributed by atoms with van der Waals surface area (Å²) >= 11 is 0. The SMILES string of the molecule is CC(=O)OCC(O)COCCC[Si](C)(O[Si](C)(C)C)O[Si](C)(C)O[Si](C)(CCCOCC(O)CO)O[Si](C)(C)C. The van der Waals surface area contributed by atoms with Crippen LogP contribution in [0.5, 0.6) is 0 Å². The van der Waals surface area contributed by atoms with Crippen molar-refractivity contribution in [2.24, 2.45) is 0 Å². The number of hydrogen-bond donors (Lipinski definition) is 3. The van der Waals surface area contributed by atoms with Crippen LogP contribution in [0.25, 0.3) is 0 Å². The molecule has 0 heterocycles. The molecule has 0 aliphatic rings. The largest absolute Gasteiger partial charge is 0.463 e. The molecular weight excluding hydrogens is 605 g/mol. The maximum Gasteiger partial charge on any atom is 0.315 e. The summed E-state index contributed by atoms with van der Waals surface area (Å²) in [7, 11) is -11.9. The number of carbonyl (C=O) groups is 1. The Balaban J connectivity index is 5.29. The van der Waals surface area contributed by atoms with E-state index in [0.717, 1.165) is 12.5 Å². The summed E-state index contributed by atoms with van der Waals surface area (Å²) in [6.07, 6.45) is -0.310. The first-order chi connectivity index (χ1) is 18.1. The molecule has 0 saturated carbocycles. The van der Waals surface area contributed by atoms with Crippen LogP contribution in [0, 0.1) is 0 Å². The number of carbonyl (C=O) groups excluding carboxylic acids is 1. The van der Waals surface area contributed by atoms with Crippen LogP contribution >= 0.6 is 0 Å². The van der Waals surface area contributed by atoms with Gasteiger partial charge >= 0.3 is 31.7 Å². The lowest BCUT2D eigenvalue weighted by molar-refractivity contribution is -0.145. The Morgan fingerprint density at radius 1 is 0.650 bits per heavy atom. The van der Waals surface area contributed by atoms with Gasteiger partial charge in [0.15, 0.2) is 16.6 Å². The Bertz CT molecular complexity index is 720. The maximum absolute atomic E-state index is 10.9. The van der Waals surface area contributed by atoms with E-state index in [1.807, 2.05) is 0 Å². The predicted octanol–water partition coefficient (Wildman–Crippen LogP) is 3.66. The van der Waals surface area contributed by atoms with Crippen molar-refractivity contribution in [1.29, 1.82) is 0 Å². The minimum Gasteiger partial charge on any atom is -0.463 e. The van der Waals surface area contributed by atoms with E-state index in [1.165, 1.54) is 6.92 Å². The number of aliphatic hydroxyl groups is 3. The van der Waals surface area contributed by atoms with E-state index in [0.29, 0.717) is 25.7 Å². The van der Waals surface area contributed by atoms with Gasteiger partial charge in [-0.15, -0.1) is 0 Å². The Labute approximate surface area is 247 Å². The summed E-state index contributed by atoms with van der Waals surface area (Å²) in [5.41, 5.74) is 0. The topological polar surface area (TPSA) is 142 Å². The van der Waals surface area contributed by atoms with Gasteiger partial charge in [-0.1, -0.05) is 0 Å². The Morgan fingerprint density at radius 2 is 1.05 bits per heavy atom. The molecule has 240 valence electrons. The summed E-state index contributed by atoms with van der Waals surface area (Å²) < 4.78 is 43.0. The van der Waals surface area contributed by atoms with Gasteiger partial charge in [0.2, 0.25) is 0 Å². The highest BCUT2D eigenvalue weighted by Gasteiger charge is 2.47. The third-order valence-corrected chi connectivity index (χ3v) is 23.4. The van der Waals surface area contributed by atoms with Crippen molar-refractivity contribution in [2.75, 3.05) is 39.6 Å². The van der Waals surface area contributed by atoms with Crippen LogP contribution in [0.1, 0.15) is 19.8 Å². The number of aliphatic hydroxyl groups excluding tert-OH is 3. The number of rotatable bonds is 23. The van der Waals surface area contributed by atoms with Crippen LogP contribution in [-0.4, -0.2) is 115 Å². The van der Waals surface area contributed by atoms with Gasteiger partial charge in [0.25, 0.3) is 0 Å². The first-order valence-electron chi connectivity index (χ1n) is 14.2. The molecule has 0 rings (SSSR count). The average molecular weight is 663 g/mol. The lowest BCUT2D eigenvalue weighted by atomic mass is 10.4. The molecule has 4 atom stereocenters. The van der Waals surface area contributed by atoms with Gasteiger partial charge < -0.3 is 46.0 Å². The van der Waals surface area contributed by atoms with Crippen LogP contribution in [0.4, 0.5) is 0 Å².